The molecule has 8 aromatic rings. The van der Waals surface area contributed by atoms with E-state index in [1.165, 1.54) is 177 Å². The molecule has 0 heterocycles. The summed E-state index contributed by atoms with van der Waals surface area (Å²) in [6, 6.07) is 54.1. The Morgan fingerprint density at radius 1 is 0.433 bits per heavy atom. The van der Waals surface area contributed by atoms with Crippen molar-refractivity contribution < 1.29 is 23.3 Å². The van der Waals surface area contributed by atoms with Gasteiger partial charge in [-0.25, -0.2) is 0 Å². The van der Waals surface area contributed by atoms with Crippen molar-refractivity contribution in [1.82, 2.24) is 0 Å². The topological polar surface area (TPSA) is 0 Å². The van der Waals surface area contributed by atoms with Crippen LogP contribution >= 0.6 is 24.8 Å². The molecule has 60 heavy (non-hydrogen) atoms. The van der Waals surface area contributed by atoms with E-state index in [1.54, 1.807) is 0 Å². The van der Waals surface area contributed by atoms with Gasteiger partial charge in [-0.15, -0.1) is 93.9 Å². The van der Waals surface area contributed by atoms with Gasteiger partial charge in [-0.3, -0.25) is 0 Å². The Hall–Kier alpha value is -3.26. The molecule has 0 aromatic heterocycles. The Bertz CT molecular complexity index is 2390. The van der Waals surface area contributed by atoms with Gasteiger partial charge >= 0.3 is 30.2 Å². The summed E-state index contributed by atoms with van der Waals surface area (Å²) in [5.74, 6) is 0. The van der Waals surface area contributed by atoms with Crippen molar-refractivity contribution >= 4 is 74.8 Å². The SMILES string of the molecule is CC1(Cc2cc3c(-c4cccc5ccccc45)cccc3[cH-]2)CCCCC1.CC1(Cc2cc3c(-c4cccc5ccccc45)cccc3[cH-]2)CCCCC1.Cl.Cl.[CH3-].[CH3-].[Si]=[Zr]. The molecule has 2 aliphatic carbocycles. The van der Waals surface area contributed by atoms with Gasteiger partial charge in [0.05, 0.1) is 0 Å². The zero-order valence-corrected chi connectivity index (χ0v) is 41.2. The van der Waals surface area contributed by atoms with Crippen molar-refractivity contribution in [3.63, 3.8) is 0 Å². The molecular weight excluding hydrogens is 863 g/mol. The molecular formula is C56H62Cl2SiZr-4. The molecule has 0 bridgehead atoms. The van der Waals surface area contributed by atoms with Crippen molar-refractivity contribution in [2.24, 2.45) is 10.8 Å². The van der Waals surface area contributed by atoms with Crippen LogP contribution in [0.3, 0.4) is 0 Å². The molecule has 312 valence electrons. The molecule has 0 atom stereocenters. The molecule has 0 unspecified atom stereocenters. The minimum atomic E-state index is 0. The van der Waals surface area contributed by atoms with Crippen molar-refractivity contribution in [3.8, 4) is 22.3 Å². The van der Waals surface area contributed by atoms with Gasteiger partial charge in [-0.1, -0.05) is 161 Å². The molecule has 0 nitrogen and oxygen atoms in total. The quantitative estimate of drug-likeness (QED) is 0.115. The summed E-state index contributed by atoms with van der Waals surface area (Å²) < 4.78 is 0. The summed E-state index contributed by atoms with van der Waals surface area (Å²) >= 11 is 1.36. The second kappa shape index (κ2) is 22.2. The van der Waals surface area contributed by atoms with Crippen LogP contribution in [0.5, 0.6) is 0 Å². The van der Waals surface area contributed by atoms with Gasteiger partial charge in [0.25, 0.3) is 0 Å². The van der Waals surface area contributed by atoms with E-state index in [0.29, 0.717) is 10.8 Å². The third-order valence-electron chi connectivity index (χ3n) is 13.2. The van der Waals surface area contributed by atoms with Crippen LogP contribution in [0, 0.1) is 25.7 Å². The van der Waals surface area contributed by atoms with E-state index in [9.17, 15) is 0 Å². The van der Waals surface area contributed by atoms with Crippen LogP contribution in [-0.2, 0) is 36.2 Å². The number of halogens is 2. The Morgan fingerprint density at radius 3 is 1.13 bits per heavy atom. The van der Waals surface area contributed by atoms with Crippen LogP contribution in [0.4, 0.5) is 0 Å². The molecule has 2 radical (unpaired) electrons. The molecule has 10 rings (SSSR count). The predicted molar refractivity (Wildman–Crippen MR) is 268 cm³/mol. The number of hydrogen-bond donors (Lipinski definition) is 0. The molecule has 2 saturated carbocycles. The number of benzene rings is 6. The van der Waals surface area contributed by atoms with Gasteiger partial charge in [0.2, 0.25) is 0 Å². The molecule has 8 aromatic carbocycles. The monoisotopic (exact) mass is 922 g/mol. The van der Waals surface area contributed by atoms with E-state index in [-0.39, 0.29) is 39.7 Å². The first-order valence-corrected chi connectivity index (χ1v) is 25.2. The number of rotatable bonds is 6. The van der Waals surface area contributed by atoms with Crippen LogP contribution in [0.1, 0.15) is 89.2 Å². The Labute approximate surface area is 390 Å². The summed E-state index contributed by atoms with van der Waals surface area (Å²) in [4.78, 5) is 0. The summed E-state index contributed by atoms with van der Waals surface area (Å²) in [5.41, 5.74) is 9.43. The van der Waals surface area contributed by atoms with E-state index in [0.717, 1.165) is 0 Å². The summed E-state index contributed by atoms with van der Waals surface area (Å²) in [7, 11) is 0. The number of hydrogen-bond acceptors (Lipinski definition) is 0. The third kappa shape index (κ3) is 10.8. The minimum absolute atomic E-state index is 0. The van der Waals surface area contributed by atoms with Crippen LogP contribution < -0.4 is 0 Å². The molecule has 2 aliphatic rings. The normalized spacial score (nSPS) is 15.2. The van der Waals surface area contributed by atoms with Gasteiger partial charge in [-0.05, 0) is 82.0 Å². The van der Waals surface area contributed by atoms with Crippen LogP contribution in [0.25, 0.3) is 65.3 Å². The standard InChI is InChI=1S/2C27H27.2CH3.2ClH.Si.Zr/c2*1-27(15-5-2-6-16-27)19-20-17-22-11-8-14-25(26(22)18-20)24-13-7-10-21-9-3-4-12-23(21)24;;;;;;/h2*3-4,7-14,17-18H,2,5-6,15-16,19H2,1H3;2*1H3;2*1H;;/q4*-1;;;;. The predicted octanol–water partition coefficient (Wildman–Crippen LogP) is 17.1. The van der Waals surface area contributed by atoms with Gasteiger partial charge in [-0.2, -0.15) is 12.1 Å². The maximum absolute atomic E-state index is 3.06. The van der Waals surface area contributed by atoms with Crippen LogP contribution in [0.15, 0.2) is 146 Å². The van der Waals surface area contributed by atoms with Gasteiger partial charge in [0, 0.05) is 0 Å². The van der Waals surface area contributed by atoms with E-state index in [1.807, 2.05) is 0 Å². The van der Waals surface area contributed by atoms with Crippen molar-refractivity contribution in [3.05, 3.63) is 172 Å². The van der Waals surface area contributed by atoms with Crippen molar-refractivity contribution in [2.45, 2.75) is 90.9 Å². The first-order chi connectivity index (χ1) is 27.4. The van der Waals surface area contributed by atoms with Gasteiger partial charge in [0.1, 0.15) is 0 Å². The Balaban J connectivity index is 0.000000239. The zero-order valence-electron chi connectivity index (χ0n) is 36.2. The van der Waals surface area contributed by atoms with E-state index < -0.39 is 0 Å². The maximum atomic E-state index is 3.06. The third-order valence-corrected chi connectivity index (χ3v) is 13.2. The molecule has 0 N–H and O–H groups in total. The summed E-state index contributed by atoms with van der Waals surface area (Å²) in [5, 5.41) is 10.9. The van der Waals surface area contributed by atoms with Gasteiger partial charge < -0.3 is 14.9 Å². The molecule has 2 fully saturated rings. The molecule has 0 aliphatic heterocycles. The van der Waals surface area contributed by atoms with E-state index in [4.69, 9.17) is 0 Å². The van der Waals surface area contributed by atoms with Gasteiger partial charge in [0.15, 0.2) is 0 Å². The summed E-state index contributed by atoms with van der Waals surface area (Å²) in [6.07, 6.45) is 16.4. The second-order valence-electron chi connectivity index (χ2n) is 17.5. The summed E-state index contributed by atoms with van der Waals surface area (Å²) in [6.45, 7) is 8.05. The molecule has 0 amide bonds. The van der Waals surface area contributed by atoms with E-state index in [2.05, 4.69) is 166 Å². The van der Waals surface area contributed by atoms with Crippen molar-refractivity contribution in [2.75, 3.05) is 0 Å². The molecule has 0 saturated heterocycles. The zero-order chi connectivity index (χ0) is 38.5. The Morgan fingerprint density at radius 2 is 0.750 bits per heavy atom. The fourth-order valence-electron chi connectivity index (χ4n) is 10.3. The van der Waals surface area contributed by atoms with Crippen molar-refractivity contribution in [1.29, 1.82) is 0 Å². The van der Waals surface area contributed by atoms with Crippen LogP contribution in [0.2, 0.25) is 0 Å². The fraction of sp³-hybridized carbons (Fsp3) is 0.286. The average molecular weight is 925 g/mol. The fourth-order valence-corrected chi connectivity index (χ4v) is 10.3. The second-order valence-corrected chi connectivity index (χ2v) is 17.5. The number of fused-ring (bicyclic) bond motifs is 4. The molecule has 4 heteroatoms. The van der Waals surface area contributed by atoms with Crippen LogP contribution in [-0.4, -0.2) is 6.88 Å². The van der Waals surface area contributed by atoms with E-state index >= 15 is 0 Å². The molecule has 0 spiro atoms. The Kier molecular flexibility index (Phi) is 18.3. The first-order valence-electron chi connectivity index (χ1n) is 21.0. The first kappa shape index (κ1) is 49.4. The average Bonchev–Trinajstić information content (AvgIpc) is 3.84.